The van der Waals surface area contributed by atoms with Crippen molar-refractivity contribution < 1.29 is 38.0 Å². The lowest BCUT2D eigenvalue weighted by atomic mass is 10.0. The van der Waals surface area contributed by atoms with Crippen LogP contribution in [0.1, 0.15) is 70.7 Å². The fourth-order valence-corrected chi connectivity index (χ4v) is 6.88. The average Bonchev–Trinajstić information content (AvgIpc) is 3.81. The average molecular weight is 747 g/mol. The quantitative estimate of drug-likeness (QED) is 0.103. The molecule has 2 aliphatic rings. The van der Waals surface area contributed by atoms with Gasteiger partial charge in [0, 0.05) is 42.9 Å². The number of aryl methyl sites for hydroxylation is 2. The highest BCUT2D eigenvalue weighted by Gasteiger charge is 2.46. The van der Waals surface area contributed by atoms with Crippen molar-refractivity contribution in [2.24, 2.45) is 0 Å². The number of hydrogen-bond acceptors (Lipinski definition) is 12. The summed E-state index contributed by atoms with van der Waals surface area (Å²) in [5.41, 5.74) is 4.97. The number of carbonyl (C=O) groups is 6. The number of piperidine rings is 1. The molecule has 0 saturated carbocycles. The number of rotatable bonds is 15. The number of nitrogens with one attached hydrogen (secondary N) is 3. The van der Waals surface area contributed by atoms with Gasteiger partial charge in [0.1, 0.15) is 35.7 Å². The van der Waals surface area contributed by atoms with Crippen LogP contribution in [-0.2, 0) is 19.2 Å². The van der Waals surface area contributed by atoms with Crippen LogP contribution in [0.3, 0.4) is 0 Å². The zero-order chi connectivity index (χ0) is 38.6. The fourth-order valence-electron chi connectivity index (χ4n) is 6.88. The van der Waals surface area contributed by atoms with Gasteiger partial charge in [-0.3, -0.25) is 48.4 Å². The van der Waals surface area contributed by atoms with E-state index in [0.717, 1.165) is 33.0 Å². The molecule has 0 radical (unpaired) electrons. The van der Waals surface area contributed by atoms with Crippen LogP contribution in [0, 0.1) is 13.8 Å². The largest absolute Gasteiger partial charge is 0.485 e. The number of unbranched alkanes of at least 4 members (excludes halogenated alkanes) is 2. The predicted molar refractivity (Wildman–Crippen MR) is 197 cm³/mol. The third kappa shape index (κ3) is 7.56. The molecule has 0 aliphatic carbocycles. The van der Waals surface area contributed by atoms with Gasteiger partial charge >= 0.3 is 0 Å². The topological polar surface area (TPSA) is 207 Å². The van der Waals surface area contributed by atoms with Gasteiger partial charge in [-0.1, -0.05) is 41.9 Å². The maximum atomic E-state index is 13.2. The summed E-state index contributed by atoms with van der Waals surface area (Å²) in [6, 6.07) is 11.3. The van der Waals surface area contributed by atoms with Gasteiger partial charge in [0.15, 0.2) is 11.4 Å². The number of aromatic nitrogens is 4. The van der Waals surface area contributed by atoms with E-state index in [0.29, 0.717) is 43.0 Å². The standard InChI is InChI=1S/C39H38N8O8/c1-22-33(23(2)55-45-22)24-10-12-25(13-11-24)35-36(46-18-17-40-19-30(46)43-35)42-20-32(50)41-16-5-3-4-7-26(48)21-54-29-9-6-8-27-34(29)39(53)47(38(27)52)28-14-15-31(49)44-37(28)51/h6,8-13,17-19,28,42H,3-5,7,14-16,20-21H2,1-2H3,(H,41,50)(H,44,49,51). The lowest BCUT2D eigenvalue weighted by molar-refractivity contribution is -0.136. The maximum absolute atomic E-state index is 13.2. The van der Waals surface area contributed by atoms with Crippen LogP contribution < -0.4 is 20.7 Å². The Bertz CT molecular complexity index is 2310. The number of nitrogens with zero attached hydrogens (tertiary/aromatic N) is 5. The number of ether oxygens (including phenoxy) is 1. The smallest absolute Gasteiger partial charge is 0.266 e. The summed E-state index contributed by atoms with van der Waals surface area (Å²) in [6.07, 6.45) is 7.26. The first kappa shape index (κ1) is 36.6. The zero-order valence-electron chi connectivity index (χ0n) is 30.2. The highest BCUT2D eigenvalue weighted by atomic mass is 16.5. The van der Waals surface area contributed by atoms with E-state index in [2.05, 4.69) is 26.1 Å². The summed E-state index contributed by atoms with van der Waals surface area (Å²) in [5, 5.41) is 12.4. The van der Waals surface area contributed by atoms with Crippen LogP contribution in [0.25, 0.3) is 28.0 Å². The molecule has 1 saturated heterocycles. The van der Waals surface area contributed by atoms with E-state index < -0.39 is 29.7 Å². The molecule has 3 aromatic heterocycles. The van der Waals surface area contributed by atoms with E-state index >= 15 is 0 Å². The fraction of sp³-hybridized carbons (Fsp3) is 0.308. The summed E-state index contributed by atoms with van der Waals surface area (Å²) in [7, 11) is 0. The molecule has 16 nitrogen and oxygen atoms in total. The Morgan fingerprint density at radius 1 is 0.982 bits per heavy atom. The molecule has 0 spiro atoms. The van der Waals surface area contributed by atoms with Crippen molar-refractivity contribution in [3.8, 4) is 28.1 Å². The lowest BCUT2D eigenvalue weighted by Gasteiger charge is -2.27. The molecule has 2 aromatic carbocycles. The second-order valence-electron chi connectivity index (χ2n) is 13.4. The van der Waals surface area contributed by atoms with Crippen molar-refractivity contribution in [1.29, 1.82) is 0 Å². The van der Waals surface area contributed by atoms with Crippen LogP contribution >= 0.6 is 0 Å². The van der Waals surface area contributed by atoms with E-state index in [-0.39, 0.29) is 61.0 Å². The minimum Gasteiger partial charge on any atom is -0.485 e. The summed E-state index contributed by atoms with van der Waals surface area (Å²) in [5.74, 6) is -1.44. The van der Waals surface area contributed by atoms with Crippen LogP contribution in [0.4, 0.5) is 5.82 Å². The summed E-state index contributed by atoms with van der Waals surface area (Å²) >= 11 is 0. The summed E-state index contributed by atoms with van der Waals surface area (Å²) in [4.78, 5) is 85.4. The maximum Gasteiger partial charge on any atom is 0.266 e. The Hall–Kier alpha value is -6.71. The summed E-state index contributed by atoms with van der Waals surface area (Å²) in [6.45, 7) is 3.91. The Labute approximate surface area is 314 Å². The van der Waals surface area contributed by atoms with Gasteiger partial charge in [-0.15, -0.1) is 0 Å². The number of fused-ring (bicyclic) bond motifs is 2. The number of hydrogen-bond donors (Lipinski definition) is 3. The molecular formula is C39H38N8O8. The number of Topliss-reactive ketones (excluding diaryl/α,β-unsaturated/α-hetero) is 1. The molecule has 0 bridgehead atoms. The van der Waals surface area contributed by atoms with Gasteiger partial charge in [0.2, 0.25) is 17.7 Å². The Morgan fingerprint density at radius 3 is 2.55 bits per heavy atom. The van der Waals surface area contributed by atoms with Gasteiger partial charge in [-0.05, 0) is 50.8 Å². The van der Waals surface area contributed by atoms with Crippen molar-refractivity contribution in [3.05, 3.63) is 83.6 Å². The normalized spacial score (nSPS) is 15.3. The number of amides is 5. The Kier molecular flexibility index (Phi) is 10.5. The summed E-state index contributed by atoms with van der Waals surface area (Å²) < 4.78 is 12.9. The van der Waals surface area contributed by atoms with Crippen molar-refractivity contribution >= 4 is 46.8 Å². The van der Waals surface area contributed by atoms with E-state index in [9.17, 15) is 28.8 Å². The number of anilines is 1. The molecular weight excluding hydrogens is 708 g/mol. The number of carbonyl (C=O) groups excluding carboxylic acids is 6. The molecule has 5 heterocycles. The van der Waals surface area contributed by atoms with Crippen LogP contribution in [0.5, 0.6) is 5.75 Å². The van der Waals surface area contributed by atoms with E-state index in [1.807, 2.05) is 42.5 Å². The first-order valence-corrected chi connectivity index (χ1v) is 18.0. The molecule has 3 N–H and O–H groups in total. The highest BCUT2D eigenvalue weighted by Crippen LogP contribution is 2.34. The molecule has 5 amide bonds. The highest BCUT2D eigenvalue weighted by molar-refractivity contribution is 6.24. The van der Waals surface area contributed by atoms with Crippen molar-refractivity contribution in [2.45, 2.75) is 58.4 Å². The molecule has 55 heavy (non-hydrogen) atoms. The van der Waals surface area contributed by atoms with E-state index in [1.54, 1.807) is 18.6 Å². The predicted octanol–water partition coefficient (Wildman–Crippen LogP) is 3.81. The lowest BCUT2D eigenvalue weighted by Crippen LogP contribution is -2.54. The van der Waals surface area contributed by atoms with Crippen molar-refractivity contribution in [2.75, 3.05) is 25.0 Å². The van der Waals surface area contributed by atoms with Gasteiger partial charge < -0.3 is 19.9 Å². The number of benzene rings is 2. The van der Waals surface area contributed by atoms with E-state index in [1.165, 1.54) is 18.2 Å². The van der Waals surface area contributed by atoms with Crippen LogP contribution in [-0.4, -0.2) is 85.5 Å². The number of ketones is 1. The van der Waals surface area contributed by atoms with Crippen LogP contribution in [0.2, 0.25) is 0 Å². The molecule has 7 rings (SSSR count). The first-order valence-electron chi connectivity index (χ1n) is 18.0. The molecule has 1 fully saturated rings. The minimum absolute atomic E-state index is 0.00646. The molecule has 5 aromatic rings. The second-order valence-corrected chi connectivity index (χ2v) is 13.4. The molecule has 2 aliphatic heterocycles. The molecule has 16 heteroatoms. The van der Waals surface area contributed by atoms with Crippen LogP contribution in [0.15, 0.2) is 65.6 Å². The molecule has 1 unspecified atom stereocenters. The van der Waals surface area contributed by atoms with Gasteiger partial charge in [0.05, 0.1) is 29.6 Å². The number of imidazole rings is 1. The first-order chi connectivity index (χ1) is 26.6. The molecule has 282 valence electrons. The second kappa shape index (κ2) is 15.7. The Morgan fingerprint density at radius 2 is 1.78 bits per heavy atom. The molecule has 1 atom stereocenters. The zero-order valence-corrected chi connectivity index (χ0v) is 30.2. The monoisotopic (exact) mass is 746 g/mol. The van der Waals surface area contributed by atoms with Gasteiger partial charge in [-0.25, -0.2) is 4.98 Å². The SMILES string of the molecule is Cc1noc(C)c1-c1ccc(-c2nc3cnccn3c2NCC(=O)NCCCCCC(=O)COc2cccc3c2C(=O)N(C2CCC(=O)NC2=O)C3=O)cc1. The van der Waals surface area contributed by atoms with Crippen molar-refractivity contribution in [3.63, 3.8) is 0 Å². The third-order valence-corrected chi connectivity index (χ3v) is 9.60. The number of imide groups is 2. The van der Waals surface area contributed by atoms with Crippen molar-refractivity contribution in [1.82, 2.24) is 35.1 Å². The minimum atomic E-state index is -1.10. The Balaban J connectivity index is 0.855. The van der Waals surface area contributed by atoms with E-state index in [4.69, 9.17) is 14.2 Å². The third-order valence-electron chi connectivity index (χ3n) is 9.60. The van der Waals surface area contributed by atoms with Gasteiger partial charge in [0.25, 0.3) is 11.8 Å². The van der Waals surface area contributed by atoms with Gasteiger partial charge in [-0.2, -0.15) is 0 Å².